The zero-order chi connectivity index (χ0) is 28.3. The third-order valence-electron chi connectivity index (χ3n) is 6.23. The molecule has 1 fully saturated rings. The lowest BCUT2D eigenvalue weighted by molar-refractivity contribution is -0.119. The second-order valence-electron chi connectivity index (χ2n) is 8.23. The number of hydrogen-bond acceptors (Lipinski definition) is 9. The smallest absolute Gasteiger partial charge is 0.256 e. The van der Waals surface area contributed by atoms with Crippen molar-refractivity contribution in [3.8, 4) is 40.2 Å². The number of rotatable bonds is 11. The summed E-state index contributed by atoms with van der Waals surface area (Å²) in [5.74, 6) is 2.45. The summed E-state index contributed by atoms with van der Waals surface area (Å²) in [5, 5.41) is 0. The highest BCUT2D eigenvalue weighted by Gasteiger charge is 2.43. The van der Waals surface area contributed by atoms with E-state index in [0.717, 1.165) is 0 Å². The van der Waals surface area contributed by atoms with Crippen LogP contribution < -0.4 is 37.5 Å². The Bertz CT molecular complexity index is 1410. The van der Waals surface area contributed by atoms with Gasteiger partial charge in [-0.25, -0.2) is 4.21 Å². The van der Waals surface area contributed by atoms with Gasteiger partial charge >= 0.3 is 0 Å². The van der Waals surface area contributed by atoms with Gasteiger partial charge in [-0.05, 0) is 29.8 Å². The van der Waals surface area contributed by atoms with Crippen LogP contribution in [-0.4, -0.2) is 52.8 Å². The number of benzene rings is 3. The van der Waals surface area contributed by atoms with Crippen LogP contribution in [0.4, 0.5) is 5.69 Å². The maximum atomic E-state index is 13.1. The topological polar surface area (TPSA) is 102 Å². The average molecular weight is 556 g/mol. The lowest BCUT2D eigenvalue weighted by atomic mass is 9.88. The molecule has 0 N–H and O–H groups in total. The Kier molecular flexibility index (Phi) is 8.20. The number of carbonyl (C=O) groups excluding carboxylic acids is 1. The Balaban J connectivity index is 1.69. The second-order valence-corrected chi connectivity index (χ2v) is 9.34. The Morgan fingerprint density at radius 1 is 0.692 bits per heavy atom. The molecular formula is C28H29NO9S. The largest absolute Gasteiger partial charge is 0.493 e. The van der Waals surface area contributed by atoms with Crippen LogP contribution in [0.2, 0.25) is 0 Å². The molecule has 4 rings (SSSR count). The molecule has 39 heavy (non-hydrogen) atoms. The van der Waals surface area contributed by atoms with Gasteiger partial charge in [0.1, 0.15) is 0 Å². The highest BCUT2D eigenvalue weighted by molar-refractivity contribution is 7.80. The van der Waals surface area contributed by atoms with Gasteiger partial charge in [0.15, 0.2) is 34.5 Å². The summed E-state index contributed by atoms with van der Waals surface area (Å²) in [4.78, 5) is 14.9. The minimum atomic E-state index is -1.91. The summed E-state index contributed by atoms with van der Waals surface area (Å²) in [5.41, 5.74) is 1.58. The molecule has 11 heteroatoms. The molecule has 1 amide bonds. The Hall–Kier alpha value is -4.38. The monoisotopic (exact) mass is 555 g/mol. The summed E-state index contributed by atoms with van der Waals surface area (Å²) in [6, 6.07) is 12.8. The first-order valence-corrected chi connectivity index (χ1v) is 12.7. The summed E-state index contributed by atoms with van der Waals surface area (Å²) in [6.07, 6.45) is 0. The van der Waals surface area contributed by atoms with Gasteiger partial charge in [-0.15, -0.1) is 0 Å². The number of hydrogen-bond donors (Lipinski definition) is 0. The van der Waals surface area contributed by atoms with Crippen molar-refractivity contribution in [2.45, 2.75) is 10.9 Å². The molecule has 0 spiro atoms. The molecular weight excluding hydrogens is 526 g/mol. The van der Waals surface area contributed by atoms with Crippen LogP contribution >= 0.6 is 0 Å². The third-order valence-corrected chi connectivity index (χ3v) is 7.20. The summed E-state index contributed by atoms with van der Waals surface area (Å²) in [6.45, 7) is 3.97. The molecule has 206 valence electrons. The first-order chi connectivity index (χ1) is 18.8. The van der Waals surface area contributed by atoms with Crippen molar-refractivity contribution in [1.82, 2.24) is 0 Å². The van der Waals surface area contributed by atoms with E-state index in [9.17, 15) is 9.00 Å². The Labute approximate surface area is 229 Å². The highest BCUT2D eigenvalue weighted by Crippen LogP contribution is 2.48. The van der Waals surface area contributed by atoms with Crippen molar-refractivity contribution in [3.05, 3.63) is 66.2 Å². The van der Waals surface area contributed by atoms with Gasteiger partial charge in [-0.1, -0.05) is 12.6 Å². The van der Waals surface area contributed by atoms with E-state index in [1.807, 2.05) is 0 Å². The van der Waals surface area contributed by atoms with Crippen LogP contribution in [0, 0.1) is 0 Å². The highest BCUT2D eigenvalue weighted by atomic mass is 32.2. The van der Waals surface area contributed by atoms with Crippen LogP contribution in [0.1, 0.15) is 11.6 Å². The number of ether oxygens (including phenoxy) is 6. The fraction of sp³-hybridized carbons (Fsp3) is 0.250. The number of β-lactam (4-membered cyclic amide) rings is 1. The SMILES string of the molecule is C=C1C(=O)N(c2cc(OC)c(OC)c(OC)c2)[C@H]1c1ccc(OC)c(OS(=O)c2ccc(OC)c(OC)c2)c1. The lowest BCUT2D eigenvalue weighted by Gasteiger charge is -2.42. The number of methoxy groups -OCH3 is 6. The number of carbonyl (C=O) groups is 1. The van der Waals surface area contributed by atoms with Gasteiger partial charge in [0.2, 0.25) is 16.8 Å². The van der Waals surface area contributed by atoms with Crippen LogP contribution in [0.3, 0.4) is 0 Å². The van der Waals surface area contributed by atoms with Crippen LogP contribution in [0.15, 0.2) is 65.6 Å². The fourth-order valence-electron chi connectivity index (χ4n) is 4.28. The van der Waals surface area contributed by atoms with Crippen LogP contribution in [-0.2, 0) is 15.9 Å². The predicted octanol–water partition coefficient (Wildman–Crippen LogP) is 4.48. The molecule has 3 aromatic rings. The van der Waals surface area contributed by atoms with E-state index in [4.69, 9.17) is 32.6 Å². The predicted molar refractivity (Wildman–Crippen MR) is 145 cm³/mol. The molecule has 3 aromatic carbocycles. The van der Waals surface area contributed by atoms with E-state index in [1.165, 1.54) is 42.7 Å². The number of amides is 1. The average Bonchev–Trinajstić information content (AvgIpc) is 2.97. The fourth-order valence-corrected chi connectivity index (χ4v) is 5.05. The lowest BCUT2D eigenvalue weighted by Crippen LogP contribution is -2.48. The summed E-state index contributed by atoms with van der Waals surface area (Å²) < 4.78 is 51.3. The van der Waals surface area contributed by atoms with Crippen molar-refractivity contribution in [2.24, 2.45) is 0 Å². The van der Waals surface area contributed by atoms with Gasteiger partial charge in [0.25, 0.3) is 5.91 Å². The standard InChI is InChI=1S/C28H29NO9S/c1-16-26(29(28(16)30)18-13-24(35-5)27(37-7)25(14-18)36-6)17-8-10-21(33-3)23(12-17)38-39(31)19-9-11-20(32-2)22(15-19)34-4/h8-15,26H,1H2,2-7H3/t26-,39?/m1/s1. The van der Waals surface area contributed by atoms with E-state index in [1.54, 1.807) is 53.4 Å². The third kappa shape index (κ3) is 5.05. The molecule has 1 aliphatic heterocycles. The molecule has 1 heterocycles. The zero-order valence-electron chi connectivity index (χ0n) is 22.4. The normalized spacial score (nSPS) is 15.2. The van der Waals surface area contributed by atoms with Gasteiger partial charge < -0.3 is 32.6 Å². The molecule has 0 aliphatic carbocycles. The van der Waals surface area contributed by atoms with Crippen molar-refractivity contribution < 1.29 is 41.6 Å². The van der Waals surface area contributed by atoms with Crippen molar-refractivity contribution in [3.63, 3.8) is 0 Å². The Morgan fingerprint density at radius 3 is 1.82 bits per heavy atom. The molecule has 0 radical (unpaired) electrons. The van der Waals surface area contributed by atoms with E-state index in [-0.39, 0.29) is 11.7 Å². The first kappa shape index (κ1) is 27.6. The van der Waals surface area contributed by atoms with E-state index in [2.05, 4.69) is 6.58 Å². The molecule has 1 saturated heterocycles. The first-order valence-electron chi connectivity index (χ1n) is 11.6. The number of nitrogens with zero attached hydrogens (tertiary/aromatic N) is 1. The molecule has 0 saturated carbocycles. The molecule has 0 bridgehead atoms. The molecule has 1 aliphatic rings. The van der Waals surface area contributed by atoms with E-state index >= 15 is 0 Å². The van der Waals surface area contributed by atoms with E-state index in [0.29, 0.717) is 56.2 Å². The maximum Gasteiger partial charge on any atom is 0.256 e. The van der Waals surface area contributed by atoms with Crippen molar-refractivity contribution in [1.29, 1.82) is 0 Å². The maximum absolute atomic E-state index is 13.1. The minimum absolute atomic E-state index is 0.222. The second kappa shape index (κ2) is 11.6. The molecule has 1 unspecified atom stereocenters. The van der Waals surface area contributed by atoms with Crippen LogP contribution in [0.25, 0.3) is 0 Å². The quantitative estimate of drug-likeness (QED) is 0.250. The molecule has 0 aromatic heterocycles. The molecule has 2 atom stereocenters. The van der Waals surface area contributed by atoms with E-state index < -0.39 is 17.1 Å². The van der Waals surface area contributed by atoms with Gasteiger partial charge in [0.05, 0.1) is 59.3 Å². The van der Waals surface area contributed by atoms with Gasteiger partial charge in [-0.2, -0.15) is 0 Å². The zero-order valence-corrected chi connectivity index (χ0v) is 23.2. The summed E-state index contributed by atoms with van der Waals surface area (Å²) >= 11 is -1.91. The van der Waals surface area contributed by atoms with Crippen molar-refractivity contribution >= 4 is 22.7 Å². The van der Waals surface area contributed by atoms with Crippen molar-refractivity contribution in [2.75, 3.05) is 47.6 Å². The van der Waals surface area contributed by atoms with Crippen LogP contribution in [0.5, 0.6) is 40.2 Å². The summed E-state index contributed by atoms with van der Waals surface area (Å²) in [7, 11) is 8.99. The Morgan fingerprint density at radius 2 is 1.26 bits per heavy atom. The van der Waals surface area contributed by atoms with Gasteiger partial charge in [0, 0.05) is 23.8 Å². The van der Waals surface area contributed by atoms with Gasteiger partial charge in [-0.3, -0.25) is 9.69 Å². The molecule has 10 nitrogen and oxygen atoms in total. The number of anilines is 1. The minimum Gasteiger partial charge on any atom is -0.493 e.